The highest BCUT2D eigenvalue weighted by molar-refractivity contribution is 5.40. The van der Waals surface area contributed by atoms with Crippen molar-refractivity contribution in [3.05, 3.63) is 11.8 Å². The van der Waals surface area contributed by atoms with E-state index in [0.29, 0.717) is 17.9 Å². The van der Waals surface area contributed by atoms with E-state index in [2.05, 4.69) is 29.9 Å². The van der Waals surface area contributed by atoms with Crippen molar-refractivity contribution in [1.29, 1.82) is 0 Å². The summed E-state index contributed by atoms with van der Waals surface area (Å²) in [6.45, 7) is 7.40. The summed E-state index contributed by atoms with van der Waals surface area (Å²) in [4.78, 5) is 0. The third-order valence-corrected chi connectivity index (χ3v) is 4.73. The molecule has 0 amide bonds. The molecule has 2 aliphatic heterocycles. The maximum absolute atomic E-state index is 5.56. The van der Waals surface area contributed by atoms with Gasteiger partial charge in [0.25, 0.3) is 0 Å². The van der Waals surface area contributed by atoms with Crippen LogP contribution in [0.1, 0.15) is 57.2 Å². The molecule has 0 bridgehead atoms. The second-order valence-corrected chi connectivity index (χ2v) is 5.82. The molecule has 2 unspecified atom stereocenters. The van der Waals surface area contributed by atoms with Crippen molar-refractivity contribution in [1.82, 2.24) is 9.78 Å². The predicted octanol–water partition coefficient (Wildman–Crippen LogP) is 3.18. The number of rotatable bonds is 4. The van der Waals surface area contributed by atoms with E-state index >= 15 is 0 Å². The van der Waals surface area contributed by atoms with Crippen molar-refractivity contribution in [2.24, 2.45) is 5.92 Å². The van der Waals surface area contributed by atoms with Crippen LogP contribution in [0.4, 0.5) is 5.82 Å². The number of anilines is 1. The lowest BCUT2D eigenvalue weighted by atomic mass is 9.95. The van der Waals surface area contributed by atoms with Gasteiger partial charge in [-0.1, -0.05) is 13.8 Å². The van der Waals surface area contributed by atoms with Crippen LogP contribution in [0, 0.1) is 5.92 Å². The Balaban J connectivity index is 1.86. The lowest BCUT2D eigenvalue weighted by Crippen LogP contribution is -2.29. The van der Waals surface area contributed by atoms with Crippen LogP contribution in [-0.4, -0.2) is 29.5 Å². The summed E-state index contributed by atoms with van der Waals surface area (Å²) < 4.78 is 7.81. The van der Waals surface area contributed by atoms with E-state index in [0.717, 1.165) is 19.8 Å². The maximum Gasteiger partial charge on any atom is 0.124 e. The number of hydrogen-bond donors (Lipinski definition) is 1. The van der Waals surface area contributed by atoms with Crippen molar-refractivity contribution in [3.8, 4) is 0 Å². The molecule has 1 aromatic rings. The first-order valence-corrected chi connectivity index (χ1v) is 7.74. The zero-order valence-corrected chi connectivity index (χ0v) is 12.1. The van der Waals surface area contributed by atoms with Gasteiger partial charge in [-0.25, -0.2) is 4.68 Å². The number of ether oxygens (including phenoxy) is 1. The van der Waals surface area contributed by atoms with Crippen molar-refractivity contribution >= 4 is 5.82 Å². The molecule has 0 radical (unpaired) electrons. The van der Waals surface area contributed by atoms with Gasteiger partial charge in [0.15, 0.2) is 0 Å². The molecule has 4 nitrogen and oxygen atoms in total. The SMILES string of the molecule is CCC(CC)c1cc2n(n1)C(C1CCOC1)CCN2. The first-order chi connectivity index (χ1) is 9.33. The van der Waals surface area contributed by atoms with Gasteiger partial charge in [0, 0.05) is 31.1 Å². The zero-order valence-electron chi connectivity index (χ0n) is 12.1. The van der Waals surface area contributed by atoms with Crippen molar-refractivity contribution in [2.75, 3.05) is 25.1 Å². The molecule has 1 aromatic heterocycles. The molecular formula is C15H25N3O. The molecule has 0 spiro atoms. The summed E-state index contributed by atoms with van der Waals surface area (Å²) in [6, 6.07) is 2.79. The number of nitrogens with one attached hydrogen (secondary N) is 1. The van der Waals surface area contributed by atoms with Crippen LogP contribution in [0.3, 0.4) is 0 Å². The quantitative estimate of drug-likeness (QED) is 0.907. The summed E-state index contributed by atoms with van der Waals surface area (Å²) in [5.74, 6) is 2.46. The average molecular weight is 263 g/mol. The van der Waals surface area contributed by atoms with Crippen LogP contribution in [0.25, 0.3) is 0 Å². The molecular weight excluding hydrogens is 238 g/mol. The first kappa shape index (κ1) is 13.0. The molecule has 2 atom stereocenters. The second-order valence-electron chi connectivity index (χ2n) is 5.82. The molecule has 19 heavy (non-hydrogen) atoms. The summed E-state index contributed by atoms with van der Waals surface area (Å²) in [6.07, 6.45) is 4.70. The van der Waals surface area contributed by atoms with Gasteiger partial charge < -0.3 is 10.1 Å². The highest BCUT2D eigenvalue weighted by Crippen LogP contribution is 2.36. The fraction of sp³-hybridized carbons (Fsp3) is 0.800. The Morgan fingerprint density at radius 2 is 2.26 bits per heavy atom. The molecule has 2 aliphatic rings. The molecule has 1 saturated heterocycles. The largest absolute Gasteiger partial charge is 0.381 e. The maximum atomic E-state index is 5.56. The number of hydrogen-bond acceptors (Lipinski definition) is 3. The van der Waals surface area contributed by atoms with Crippen molar-refractivity contribution in [3.63, 3.8) is 0 Å². The lowest BCUT2D eigenvalue weighted by molar-refractivity contribution is 0.167. The van der Waals surface area contributed by atoms with Crippen LogP contribution in [-0.2, 0) is 4.74 Å². The van der Waals surface area contributed by atoms with E-state index in [-0.39, 0.29) is 0 Å². The van der Waals surface area contributed by atoms with Gasteiger partial charge in [0.05, 0.1) is 18.3 Å². The Morgan fingerprint density at radius 1 is 1.42 bits per heavy atom. The van der Waals surface area contributed by atoms with E-state index in [1.54, 1.807) is 0 Å². The molecule has 0 aliphatic carbocycles. The van der Waals surface area contributed by atoms with Crippen molar-refractivity contribution in [2.45, 2.75) is 51.5 Å². The summed E-state index contributed by atoms with van der Waals surface area (Å²) >= 11 is 0. The first-order valence-electron chi connectivity index (χ1n) is 7.74. The Bertz CT molecular complexity index is 419. The van der Waals surface area contributed by atoms with Gasteiger partial charge in [-0.2, -0.15) is 5.10 Å². The topological polar surface area (TPSA) is 39.1 Å². The molecule has 1 fully saturated rings. The number of nitrogens with zero attached hydrogens (tertiary/aromatic N) is 2. The summed E-state index contributed by atoms with van der Waals surface area (Å²) in [5, 5.41) is 8.42. The minimum Gasteiger partial charge on any atom is -0.381 e. The van der Waals surface area contributed by atoms with Gasteiger partial charge in [0.2, 0.25) is 0 Å². The fourth-order valence-electron chi connectivity index (χ4n) is 3.47. The summed E-state index contributed by atoms with van der Waals surface area (Å²) in [5.41, 5.74) is 1.26. The standard InChI is InChI=1S/C15H25N3O/c1-3-11(4-2)13-9-15-16-7-5-14(18(15)17-13)12-6-8-19-10-12/h9,11-12,14,16H,3-8,10H2,1-2H3. The van der Waals surface area contributed by atoms with E-state index < -0.39 is 0 Å². The minimum atomic E-state index is 0.530. The fourth-order valence-corrected chi connectivity index (χ4v) is 3.47. The molecule has 3 rings (SSSR count). The Kier molecular flexibility index (Phi) is 3.78. The molecule has 1 N–H and O–H groups in total. The molecule has 106 valence electrons. The molecule has 0 saturated carbocycles. The van der Waals surface area contributed by atoms with Crippen LogP contribution in [0.2, 0.25) is 0 Å². The highest BCUT2D eigenvalue weighted by atomic mass is 16.5. The van der Waals surface area contributed by atoms with E-state index in [4.69, 9.17) is 9.84 Å². The Labute approximate surface area is 115 Å². The summed E-state index contributed by atoms with van der Waals surface area (Å²) in [7, 11) is 0. The van der Waals surface area contributed by atoms with Crippen molar-refractivity contribution < 1.29 is 4.74 Å². The number of fused-ring (bicyclic) bond motifs is 1. The average Bonchev–Trinajstić information content (AvgIpc) is 3.08. The van der Waals surface area contributed by atoms with Gasteiger partial charge in [-0.05, 0) is 25.7 Å². The zero-order chi connectivity index (χ0) is 13.2. The highest BCUT2D eigenvalue weighted by Gasteiger charge is 2.32. The third kappa shape index (κ3) is 2.38. The van der Waals surface area contributed by atoms with E-state index in [1.807, 2.05) is 0 Å². The monoisotopic (exact) mass is 263 g/mol. The van der Waals surface area contributed by atoms with Gasteiger partial charge in [-0.3, -0.25) is 0 Å². The Morgan fingerprint density at radius 3 is 2.95 bits per heavy atom. The third-order valence-electron chi connectivity index (χ3n) is 4.73. The lowest BCUT2D eigenvalue weighted by Gasteiger charge is -2.29. The van der Waals surface area contributed by atoms with Gasteiger partial charge in [-0.15, -0.1) is 0 Å². The van der Waals surface area contributed by atoms with Crippen LogP contribution in [0.15, 0.2) is 6.07 Å². The van der Waals surface area contributed by atoms with E-state index in [1.165, 1.54) is 37.2 Å². The normalized spacial score (nSPS) is 26.5. The van der Waals surface area contributed by atoms with Gasteiger partial charge >= 0.3 is 0 Å². The smallest absolute Gasteiger partial charge is 0.124 e. The molecule has 4 heteroatoms. The minimum absolute atomic E-state index is 0.530. The van der Waals surface area contributed by atoms with Crippen LogP contribution < -0.4 is 5.32 Å². The molecule has 3 heterocycles. The van der Waals surface area contributed by atoms with Crippen LogP contribution >= 0.6 is 0 Å². The van der Waals surface area contributed by atoms with Crippen LogP contribution in [0.5, 0.6) is 0 Å². The van der Waals surface area contributed by atoms with E-state index in [9.17, 15) is 0 Å². The van der Waals surface area contributed by atoms with Gasteiger partial charge in [0.1, 0.15) is 5.82 Å². The molecule has 0 aromatic carbocycles. The number of aromatic nitrogens is 2. The Hall–Kier alpha value is -1.03. The second kappa shape index (κ2) is 5.53. The predicted molar refractivity (Wildman–Crippen MR) is 76.6 cm³/mol.